The fourth-order valence-electron chi connectivity index (χ4n) is 3.05. The zero-order chi connectivity index (χ0) is 19.7. The smallest absolute Gasteiger partial charge is 0.359 e. The number of hydrogen-bond acceptors (Lipinski definition) is 5. The van der Waals surface area contributed by atoms with E-state index in [-0.39, 0.29) is 17.0 Å². The highest BCUT2D eigenvalue weighted by Gasteiger charge is 2.19. The lowest BCUT2D eigenvalue weighted by Crippen LogP contribution is -2.19. The lowest BCUT2D eigenvalue weighted by Gasteiger charge is -2.13. The van der Waals surface area contributed by atoms with E-state index in [1.54, 1.807) is 24.3 Å². The summed E-state index contributed by atoms with van der Waals surface area (Å²) in [7, 11) is 0. The molecule has 0 bridgehead atoms. The molecule has 0 atom stereocenters. The summed E-state index contributed by atoms with van der Waals surface area (Å²) in [4.78, 5) is 36.8. The van der Waals surface area contributed by atoms with Crippen molar-refractivity contribution in [2.75, 3.05) is 6.61 Å². The summed E-state index contributed by atoms with van der Waals surface area (Å²) in [5, 5.41) is 6.80. The average molecular weight is 364 g/mol. The molecule has 0 saturated carbocycles. The Bertz CT molecular complexity index is 1130. The van der Waals surface area contributed by atoms with Crippen LogP contribution in [0.4, 0.5) is 0 Å². The predicted octanol–water partition coefficient (Wildman–Crippen LogP) is 3.20. The summed E-state index contributed by atoms with van der Waals surface area (Å²) in [5.41, 5.74) is 4.23. The molecule has 0 spiro atoms. The minimum Gasteiger partial charge on any atom is -0.452 e. The molecule has 1 aromatic heterocycles. The van der Waals surface area contributed by atoms with Crippen LogP contribution in [0.2, 0.25) is 0 Å². The minimum atomic E-state index is -0.756. The second-order valence-electron chi connectivity index (χ2n) is 6.56. The molecule has 0 radical (unpaired) electrons. The SMILES string of the molecule is Cc1cc(C(=O)COC(=O)c2n[nH]c(=O)c3ccccc23)c(C)c(C)c1C. The van der Waals surface area contributed by atoms with Crippen LogP contribution in [0.1, 0.15) is 43.1 Å². The molecular formula is C21H20N2O4. The molecule has 0 aliphatic carbocycles. The number of ether oxygens (including phenoxy) is 1. The quantitative estimate of drug-likeness (QED) is 0.567. The first-order chi connectivity index (χ1) is 12.8. The number of fused-ring (bicyclic) bond motifs is 1. The summed E-state index contributed by atoms with van der Waals surface area (Å²) >= 11 is 0. The number of aryl methyl sites for hydroxylation is 1. The van der Waals surface area contributed by atoms with Crippen LogP contribution in [0.25, 0.3) is 10.8 Å². The van der Waals surface area contributed by atoms with E-state index in [0.717, 1.165) is 22.3 Å². The summed E-state index contributed by atoms with van der Waals surface area (Å²) in [5.74, 6) is -1.03. The number of carbonyl (C=O) groups is 2. The van der Waals surface area contributed by atoms with Crippen LogP contribution in [0.5, 0.6) is 0 Å². The summed E-state index contributed by atoms with van der Waals surface area (Å²) in [6, 6.07) is 8.43. The van der Waals surface area contributed by atoms with Crippen LogP contribution in [-0.2, 0) is 4.74 Å². The van der Waals surface area contributed by atoms with Gasteiger partial charge in [-0.25, -0.2) is 9.89 Å². The van der Waals surface area contributed by atoms with Gasteiger partial charge in [0.05, 0.1) is 5.39 Å². The Morgan fingerprint density at radius 3 is 2.37 bits per heavy atom. The molecule has 6 nitrogen and oxygen atoms in total. The number of rotatable bonds is 4. The van der Waals surface area contributed by atoms with E-state index in [0.29, 0.717) is 16.3 Å². The molecular weight excluding hydrogens is 344 g/mol. The maximum atomic E-state index is 12.6. The lowest BCUT2D eigenvalue weighted by atomic mass is 9.93. The predicted molar refractivity (Wildman–Crippen MR) is 102 cm³/mol. The van der Waals surface area contributed by atoms with Crippen molar-refractivity contribution in [1.29, 1.82) is 0 Å². The van der Waals surface area contributed by atoms with Crippen molar-refractivity contribution >= 4 is 22.5 Å². The van der Waals surface area contributed by atoms with Crippen LogP contribution < -0.4 is 5.56 Å². The first-order valence-electron chi connectivity index (χ1n) is 8.56. The third-order valence-corrected chi connectivity index (χ3v) is 5.01. The van der Waals surface area contributed by atoms with Crippen LogP contribution in [-0.4, -0.2) is 28.6 Å². The molecule has 0 saturated heterocycles. The highest BCUT2D eigenvalue weighted by atomic mass is 16.5. The van der Waals surface area contributed by atoms with Gasteiger partial charge in [0, 0.05) is 10.9 Å². The van der Waals surface area contributed by atoms with Gasteiger partial charge >= 0.3 is 5.97 Å². The van der Waals surface area contributed by atoms with Gasteiger partial charge < -0.3 is 4.74 Å². The second-order valence-corrected chi connectivity index (χ2v) is 6.56. The Hall–Kier alpha value is -3.28. The van der Waals surface area contributed by atoms with Gasteiger partial charge in [0.1, 0.15) is 0 Å². The summed E-state index contributed by atoms with van der Waals surface area (Å²) in [6.07, 6.45) is 0. The first kappa shape index (κ1) is 18.5. The number of benzene rings is 2. The fourth-order valence-corrected chi connectivity index (χ4v) is 3.05. The van der Waals surface area contributed by atoms with Gasteiger partial charge in [-0.05, 0) is 62.1 Å². The normalized spacial score (nSPS) is 10.8. The van der Waals surface area contributed by atoms with Gasteiger partial charge in [0.25, 0.3) is 5.56 Å². The topological polar surface area (TPSA) is 89.1 Å². The van der Waals surface area contributed by atoms with Crippen molar-refractivity contribution in [3.63, 3.8) is 0 Å². The number of aromatic nitrogens is 2. The van der Waals surface area contributed by atoms with Crippen molar-refractivity contribution in [2.24, 2.45) is 0 Å². The molecule has 0 aliphatic rings. The van der Waals surface area contributed by atoms with Gasteiger partial charge in [-0.15, -0.1) is 0 Å². The minimum absolute atomic E-state index is 0.0222. The van der Waals surface area contributed by atoms with E-state index in [2.05, 4.69) is 10.2 Å². The first-order valence-corrected chi connectivity index (χ1v) is 8.56. The Morgan fingerprint density at radius 1 is 1.00 bits per heavy atom. The number of hydrogen-bond donors (Lipinski definition) is 1. The number of nitrogens with one attached hydrogen (secondary N) is 1. The third kappa shape index (κ3) is 3.38. The standard InChI is InChI=1S/C21H20N2O4/c1-11-9-17(14(4)13(3)12(11)2)18(24)10-27-21(26)19-15-7-5-6-8-16(15)20(25)23-22-19/h5-9H,10H2,1-4H3,(H,23,25). The lowest BCUT2D eigenvalue weighted by molar-refractivity contribution is 0.0469. The molecule has 0 fully saturated rings. The van der Waals surface area contributed by atoms with E-state index in [9.17, 15) is 14.4 Å². The Kier molecular flexibility index (Phi) is 4.90. The summed E-state index contributed by atoms with van der Waals surface area (Å²) in [6.45, 7) is 7.42. The van der Waals surface area contributed by atoms with Crippen molar-refractivity contribution in [3.8, 4) is 0 Å². The molecule has 1 heterocycles. The maximum absolute atomic E-state index is 12.6. The molecule has 2 aromatic carbocycles. The molecule has 0 amide bonds. The van der Waals surface area contributed by atoms with Crippen molar-refractivity contribution < 1.29 is 14.3 Å². The molecule has 3 rings (SSSR count). The zero-order valence-corrected chi connectivity index (χ0v) is 15.7. The molecule has 0 unspecified atom stereocenters. The maximum Gasteiger partial charge on any atom is 0.359 e. The number of nitrogens with zero attached hydrogens (tertiary/aromatic N) is 1. The molecule has 138 valence electrons. The number of carbonyl (C=O) groups excluding carboxylic acids is 2. The molecule has 27 heavy (non-hydrogen) atoms. The van der Waals surface area contributed by atoms with Crippen molar-refractivity contribution in [2.45, 2.75) is 27.7 Å². The highest BCUT2D eigenvalue weighted by molar-refractivity contribution is 6.04. The van der Waals surface area contributed by atoms with E-state index in [1.165, 1.54) is 0 Å². The van der Waals surface area contributed by atoms with Crippen LogP contribution >= 0.6 is 0 Å². The second kappa shape index (κ2) is 7.15. The number of Topliss-reactive ketones (excluding diaryl/α,β-unsaturated/α-hetero) is 1. The monoisotopic (exact) mass is 364 g/mol. The summed E-state index contributed by atoms with van der Waals surface area (Å²) < 4.78 is 5.18. The van der Waals surface area contributed by atoms with Gasteiger partial charge in [0.15, 0.2) is 12.3 Å². The van der Waals surface area contributed by atoms with Crippen LogP contribution in [0.15, 0.2) is 35.1 Å². The van der Waals surface area contributed by atoms with Gasteiger partial charge in [0.2, 0.25) is 5.78 Å². The fraction of sp³-hybridized carbons (Fsp3) is 0.238. The zero-order valence-electron chi connectivity index (χ0n) is 15.7. The van der Waals surface area contributed by atoms with Gasteiger partial charge in [-0.3, -0.25) is 9.59 Å². The molecule has 6 heteroatoms. The number of ketones is 1. The van der Waals surface area contributed by atoms with Crippen LogP contribution in [0, 0.1) is 27.7 Å². The average Bonchev–Trinajstić information content (AvgIpc) is 2.67. The Labute approximate surface area is 156 Å². The molecule has 3 aromatic rings. The van der Waals surface area contributed by atoms with E-state index < -0.39 is 12.6 Å². The van der Waals surface area contributed by atoms with Crippen LogP contribution in [0.3, 0.4) is 0 Å². The van der Waals surface area contributed by atoms with Gasteiger partial charge in [-0.1, -0.05) is 18.2 Å². The molecule has 0 aliphatic heterocycles. The number of H-pyrrole nitrogens is 1. The van der Waals surface area contributed by atoms with E-state index in [4.69, 9.17) is 4.74 Å². The number of aromatic amines is 1. The highest BCUT2D eigenvalue weighted by Crippen LogP contribution is 2.22. The number of esters is 1. The van der Waals surface area contributed by atoms with E-state index >= 15 is 0 Å². The third-order valence-electron chi connectivity index (χ3n) is 5.01. The van der Waals surface area contributed by atoms with E-state index in [1.807, 2.05) is 33.8 Å². The van der Waals surface area contributed by atoms with Crippen molar-refractivity contribution in [3.05, 3.63) is 74.2 Å². The van der Waals surface area contributed by atoms with Gasteiger partial charge in [-0.2, -0.15) is 5.10 Å². The Balaban J connectivity index is 1.84. The largest absolute Gasteiger partial charge is 0.452 e. The van der Waals surface area contributed by atoms with Crippen molar-refractivity contribution in [1.82, 2.24) is 10.2 Å². The Morgan fingerprint density at radius 2 is 1.67 bits per heavy atom. The molecule has 1 N–H and O–H groups in total.